The molecule has 4 saturated carbocycles. The van der Waals surface area contributed by atoms with Gasteiger partial charge in [-0.25, -0.2) is 0 Å². The average Bonchev–Trinajstić information content (AvgIpc) is 3.09. The van der Waals surface area contributed by atoms with Gasteiger partial charge in [-0.3, -0.25) is 0 Å². The minimum Gasteiger partial charge on any atom is -0.347 e. The molecule has 5 aliphatic rings. The van der Waals surface area contributed by atoms with Crippen LogP contribution in [0.5, 0.6) is 0 Å². The Hall–Kier alpha value is -0.0800. The first-order chi connectivity index (χ1) is 8.71. The van der Waals surface area contributed by atoms with Gasteiger partial charge >= 0.3 is 0 Å². The van der Waals surface area contributed by atoms with E-state index >= 15 is 0 Å². The molecule has 5 fully saturated rings. The Labute approximate surface area is 109 Å². The van der Waals surface area contributed by atoms with E-state index in [-0.39, 0.29) is 5.79 Å². The topological polar surface area (TPSA) is 18.5 Å². The molecule has 1 saturated heterocycles. The number of rotatable bonds is 0. The third kappa shape index (κ3) is 0.987. The normalized spacial score (nSPS) is 63.0. The highest BCUT2D eigenvalue weighted by Crippen LogP contribution is 2.73. The second kappa shape index (κ2) is 3.15. The molecule has 0 N–H and O–H groups in total. The minimum absolute atomic E-state index is 0.126. The van der Waals surface area contributed by atoms with Crippen molar-refractivity contribution in [3.63, 3.8) is 0 Å². The Balaban J connectivity index is 1.53. The fraction of sp³-hybridized carbons (Fsp3) is 1.00. The molecule has 1 spiro atoms. The van der Waals surface area contributed by atoms with Crippen molar-refractivity contribution >= 4 is 0 Å². The van der Waals surface area contributed by atoms with Gasteiger partial charge in [0.25, 0.3) is 0 Å². The van der Waals surface area contributed by atoms with Gasteiger partial charge in [0.2, 0.25) is 0 Å². The van der Waals surface area contributed by atoms with Gasteiger partial charge < -0.3 is 9.47 Å². The Kier molecular flexibility index (Phi) is 1.87. The Bertz CT molecular complexity index is 387. The lowest BCUT2D eigenvalue weighted by Crippen LogP contribution is -2.47. The highest BCUT2D eigenvalue weighted by atomic mass is 16.7. The van der Waals surface area contributed by atoms with Crippen LogP contribution in [0, 0.1) is 47.3 Å². The summed E-state index contributed by atoms with van der Waals surface area (Å²) in [5.74, 6) is 7.43. The van der Waals surface area contributed by atoms with Crippen LogP contribution in [0.15, 0.2) is 0 Å². The van der Waals surface area contributed by atoms with Crippen LogP contribution in [0.3, 0.4) is 0 Å². The maximum atomic E-state index is 6.09. The summed E-state index contributed by atoms with van der Waals surface area (Å²) in [6.45, 7) is 6.68. The van der Waals surface area contributed by atoms with Crippen molar-refractivity contribution in [3.05, 3.63) is 0 Å². The summed E-state index contributed by atoms with van der Waals surface area (Å²) in [6, 6.07) is 0. The molecule has 4 aliphatic carbocycles. The monoisotopic (exact) mass is 248 g/mol. The molecule has 100 valence electrons. The van der Waals surface area contributed by atoms with Gasteiger partial charge in [-0.1, -0.05) is 13.8 Å². The van der Waals surface area contributed by atoms with Gasteiger partial charge in [-0.15, -0.1) is 0 Å². The molecule has 5 rings (SSSR count). The molecule has 0 aromatic heterocycles. The number of hydrogen-bond acceptors (Lipinski definition) is 2. The summed E-state index contributed by atoms with van der Waals surface area (Å²) in [7, 11) is 0. The maximum Gasteiger partial charge on any atom is 0.171 e. The van der Waals surface area contributed by atoms with Crippen LogP contribution in [-0.4, -0.2) is 19.0 Å². The summed E-state index contributed by atoms with van der Waals surface area (Å²) in [4.78, 5) is 0. The van der Waals surface area contributed by atoms with E-state index in [1.54, 1.807) is 0 Å². The Morgan fingerprint density at radius 2 is 1.56 bits per heavy atom. The van der Waals surface area contributed by atoms with Crippen molar-refractivity contribution in [2.24, 2.45) is 47.3 Å². The van der Waals surface area contributed by atoms with Gasteiger partial charge in [0.1, 0.15) is 0 Å². The quantitative estimate of drug-likeness (QED) is 0.614. The van der Waals surface area contributed by atoms with E-state index in [1.165, 1.54) is 19.3 Å². The Morgan fingerprint density at radius 3 is 2.28 bits per heavy atom. The van der Waals surface area contributed by atoms with Crippen molar-refractivity contribution in [3.8, 4) is 0 Å². The van der Waals surface area contributed by atoms with Crippen LogP contribution >= 0.6 is 0 Å². The van der Waals surface area contributed by atoms with Crippen LogP contribution in [0.25, 0.3) is 0 Å². The smallest absolute Gasteiger partial charge is 0.171 e. The molecule has 8 atom stereocenters. The first-order valence-electron chi connectivity index (χ1n) is 7.99. The predicted octanol–water partition coefficient (Wildman–Crippen LogP) is 2.92. The lowest BCUT2D eigenvalue weighted by Gasteiger charge is -2.46. The predicted molar refractivity (Wildman–Crippen MR) is 67.8 cm³/mol. The van der Waals surface area contributed by atoms with Crippen LogP contribution in [-0.2, 0) is 9.47 Å². The van der Waals surface area contributed by atoms with E-state index in [0.717, 1.165) is 60.6 Å². The summed E-state index contributed by atoms with van der Waals surface area (Å²) >= 11 is 0. The fourth-order valence-corrected chi connectivity index (χ4v) is 6.99. The van der Waals surface area contributed by atoms with Crippen molar-refractivity contribution in [1.82, 2.24) is 0 Å². The second-order valence-electron chi connectivity index (χ2n) is 7.75. The van der Waals surface area contributed by atoms with Crippen molar-refractivity contribution in [1.29, 1.82) is 0 Å². The lowest BCUT2D eigenvalue weighted by atomic mass is 9.63. The first kappa shape index (κ1) is 10.7. The minimum atomic E-state index is -0.126. The third-order valence-corrected chi connectivity index (χ3v) is 7.61. The highest BCUT2D eigenvalue weighted by molar-refractivity contribution is 5.16. The van der Waals surface area contributed by atoms with E-state index in [0.29, 0.717) is 0 Å². The summed E-state index contributed by atoms with van der Waals surface area (Å²) in [5.41, 5.74) is 0. The molecule has 0 radical (unpaired) electrons. The molecule has 18 heavy (non-hydrogen) atoms. The maximum absolute atomic E-state index is 6.09. The fourth-order valence-electron chi connectivity index (χ4n) is 6.99. The van der Waals surface area contributed by atoms with Gasteiger partial charge in [0, 0.05) is 12.3 Å². The highest BCUT2D eigenvalue weighted by Gasteiger charge is 2.71. The molecule has 1 aliphatic heterocycles. The van der Waals surface area contributed by atoms with Crippen LogP contribution in [0.4, 0.5) is 0 Å². The Morgan fingerprint density at radius 1 is 0.889 bits per heavy atom. The molecule has 2 nitrogen and oxygen atoms in total. The van der Waals surface area contributed by atoms with E-state index < -0.39 is 0 Å². The van der Waals surface area contributed by atoms with Crippen LogP contribution in [0.2, 0.25) is 0 Å². The van der Waals surface area contributed by atoms with Gasteiger partial charge in [-0.2, -0.15) is 0 Å². The zero-order valence-corrected chi connectivity index (χ0v) is 11.5. The molecule has 1 heterocycles. The molecule has 8 unspecified atom stereocenters. The van der Waals surface area contributed by atoms with E-state index in [1.807, 2.05) is 0 Å². The van der Waals surface area contributed by atoms with E-state index in [4.69, 9.17) is 9.47 Å². The van der Waals surface area contributed by atoms with E-state index in [9.17, 15) is 0 Å². The SMILES string of the molecule is CC1C(C)C2CC1C1C3CC(C21)C1(C3)OCCO1. The van der Waals surface area contributed by atoms with Crippen molar-refractivity contribution in [2.75, 3.05) is 13.2 Å². The van der Waals surface area contributed by atoms with Crippen LogP contribution < -0.4 is 0 Å². The number of ether oxygens (including phenoxy) is 2. The first-order valence-corrected chi connectivity index (χ1v) is 7.99. The van der Waals surface area contributed by atoms with Crippen LogP contribution in [0.1, 0.15) is 33.1 Å². The molecular formula is C16H24O2. The molecule has 4 bridgehead atoms. The molecule has 0 amide bonds. The number of fused-ring (bicyclic) bond motifs is 10. The molecule has 0 aromatic rings. The standard InChI is InChI=1S/C16H24O2/c1-8-9(2)12-6-11(8)14-10-5-13(15(12)14)16(7-10)17-3-4-18-16/h8-15H,3-7H2,1-2H3. The average molecular weight is 248 g/mol. The van der Waals surface area contributed by atoms with Crippen molar-refractivity contribution < 1.29 is 9.47 Å². The van der Waals surface area contributed by atoms with Gasteiger partial charge in [0.05, 0.1) is 13.2 Å². The summed E-state index contributed by atoms with van der Waals surface area (Å²) in [6.07, 6.45) is 4.13. The number of hydrogen-bond donors (Lipinski definition) is 0. The van der Waals surface area contributed by atoms with Gasteiger partial charge in [0.15, 0.2) is 5.79 Å². The molecule has 2 heteroatoms. The largest absolute Gasteiger partial charge is 0.347 e. The summed E-state index contributed by atoms with van der Waals surface area (Å²) < 4.78 is 12.2. The van der Waals surface area contributed by atoms with E-state index in [2.05, 4.69) is 13.8 Å². The third-order valence-electron chi connectivity index (χ3n) is 7.61. The zero-order valence-electron chi connectivity index (χ0n) is 11.5. The zero-order chi connectivity index (χ0) is 12.1. The second-order valence-corrected chi connectivity index (χ2v) is 7.75. The van der Waals surface area contributed by atoms with Gasteiger partial charge in [-0.05, 0) is 54.3 Å². The van der Waals surface area contributed by atoms with Crippen molar-refractivity contribution in [2.45, 2.75) is 38.9 Å². The summed E-state index contributed by atoms with van der Waals surface area (Å²) in [5, 5.41) is 0. The molecular weight excluding hydrogens is 224 g/mol. The molecule has 0 aromatic carbocycles. The lowest BCUT2D eigenvalue weighted by molar-refractivity contribution is -0.216.